The van der Waals surface area contributed by atoms with Crippen LogP contribution in [0.25, 0.3) is 0 Å². The summed E-state index contributed by atoms with van der Waals surface area (Å²) in [7, 11) is -2.58. The van der Waals surface area contributed by atoms with Crippen LogP contribution in [0.2, 0.25) is 5.02 Å². The van der Waals surface area contributed by atoms with Crippen LogP contribution in [0.1, 0.15) is 18.1 Å². The zero-order chi connectivity index (χ0) is 21.6. The molecule has 0 saturated carbocycles. The summed E-state index contributed by atoms with van der Waals surface area (Å²) in [5.41, 5.74) is 0.890. The Kier molecular flexibility index (Phi) is 8.15. The smallest absolute Gasteiger partial charge is 0.243 e. The maximum Gasteiger partial charge on any atom is 0.243 e. The number of amides is 1. The minimum absolute atomic E-state index is 0.00240. The number of nitrogens with one attached hydrogen (secondary N) is 1. The van der Waals surface area contributed by atoms with Crippen molar-refractivity contribution in [1.29, 1.82) is 0 Å². The van der Waals surface area contributed by atoms with E-state index in [0.29, 0.717) is 0 Å². The van der Waals surface area contributed by atoms with Crippen LogP contribution in [0.15, 0.2) is 47.4 Å². The molecule has 0 aromatic heterocycles. The van der Waals surface area contributed by atoms with Crippen LogP contribution in [-0.4, -0.2) is 44.9 Å². The molecule has 2 aromatic carbocycles. The number of benzene rings is 2. The zero-order valence-electron chi connectivity index (χ0n) is 16.5. The third kappa shape index (κ3) is 6.24. The highest BCUT2D eigenvalue weighted by molar-refractivity contribution is 7.89. The Morgan fingerprint density at radius 3 is 2.48 bits per heavy atom. The van der Waals surface area contributed by atoms with Crippen molar-refractivity contribution < 1.29 is 22.3 Å². The average molecular weight is 443 g/mol. The van der Waals surface area contributed by atoms with Crippen LogP contribution in [-0.2, 0) is 26.1 Å². The molecule has 0 fully saturated rings. The van der Waals surface area contributed by atoms with Crippen LogP contribution >= 0.6 is 11.6 Å². The molecule has 1 N–H and O–H groups in total. The number of rotatable bonds is 9. The van der Waals surface area contributed by atoms with E-state index in [-0.39, 0.29) is 34.7 Å². The third-order valence-corrected chi connectivity index (χ3v) is 6.36. The van der Waals surface area contributed by atoms with Gasteiger partial charge >= 0.3 is 0 Å². The number of nitrogens with zero attached hydrogens (tertiary/aromatic N) is 1. The summed E-state index contributed by atoms with van der Waals surface area (Å²) in [5.74, 6) is -1.17. The lowest BCUT2D eigenvalue weighted by atomic mass is 10.2. The predicted octanol–water partition coefficient (Wildman–Crippen LogP) is 3.13. The highest BCUT2D eigenvalue weighted by Gasteiger charge is 2.28. The maximum absolute atomic E-state index is 14.3. The number of methoxy groups -OCH3 is 1. The van der Waals surface area contributed by atoms with E-state index in [0.717, 1.165) is 9.87 Å². The molecule has 0 heterocycles. The molecular formula is C20H24ClFN2O4S. The van der Waals surface area contributed by atoms with Crippen LogP contribution in [0.5, 0.6) is 0 Å². The second-order valence-electron chi connectivity index (χ2n) is 6.71. The molecule has 0 spiro atoms. The Morgan fingerprint density at radius 1 is 1.24 bits per heavy atom. The van der Waals surface area contributed by atoms with E-state index in [2.05, 4.69) is 5.32 Å². The SMILES string of the molecule is COC[C@@H](C)NC(=O)CN(Cc1c(F)cccc1Cl)S(=O)(=O)c1ccc(C)cc1. The van der Waals surface area contributed by atoms with Gasteiger partial charge in [-0.05, 0) is 38.1 Å². The molecule has 2 aromatic rings. The molecule has 6 nitrogen and oxygen atoms in total. The first kappa shape index (κ1) is 23.3. The van der Waals surface area contributed by atoms with Crippen molar-refractivity contribution in [3.05, 3.63) is 64.4 Å². The molecule has 0 unspecified atom stereocenters. The monoisotopic (exact) mass is 442 g/mol. The van der Waals surface area contributed by atoms with Crippen molar-refractivity contribution >= 4 is 27.5 Å². The molecule has 0 aliphatic carbocycles. The Morgan fingerprint density at radius 2 is 1.90 bits per heavy atom. The number of halogens is 2. The number of aryl methyl sites for hydroxylation is 1. The summed E-state index contributed by atoms with van der Waals surface area (Å²) < 4.78 is 46.5. The minimum Gasteiger partial charge on any atom is -0.383 e. The molecule has 1 amide bonds. The Bertz CT molecular complexity index is 931. The van der Waals surface area contributed by atoms with E-state index in [4.69, 9.17) is 16.3 Å². The average Bonchev–Trinajstić information content (AvgIpc) is 2.64. The molecule has 29 heavy (non-hydrogen) atoms. The van der Waals surface area contributed by atoms with Gasteiger partial charge in [0, 0.05) is 30.3 Å². The number of ether oxygens (including phenoxy) is 1. The van der Waals surface area contributed by atoms with E-state index >= 15 is 0 Å². The number of hydrogen-bond donors (Lipinski definition) is 1. The summed E-state index contributed by atoms with van der Waals surface area (Å²) in [6.45, 7) is 2.96. The number of carbonyl (C=O) groups is 1. The van der Waals surface area contributed by atoms with Gasteiger partial charge in [-0.25, -0.2) is 12.8 Å². The topological polar surface area (TPSA) is 75.7 Å². The summed E-state index contributed by atoms with van der Waals surface area (Å²) in [6, 6.07) is 9.99. The normalized spacial score (nSPS) is 12.8. The summed E-state index contributed by atoms with van der Waals surface area (Å²) >= 11 is 6.07. The highest BCUT2D eigenvalue weighted by atomic mass is 35.5. The molecule has 0 aliphatic rings. The summed E-state index contributed by atoms with van der Waals surface area (Å²) in [6.07, 6.45) is 0. The second-order valence-corrected chi connectivity index (χ2v) is 9.06. The second kappa shape index (κ2) is 10.2. The third-order valence-electron chi connectivity index (χ3n) is 4.20. The van der Waals surface area contributed by atoms with Gasteiger partial charge in [0.2, 0.25) is 15.9 Å². The quantitative estimate of drug-likeness (QED) is 0.647. The van der Waals surface area contributed by atoms with Crippen LogP contribution in [0, 0.1) is 12.7 Å². The standard InChI is InChI=1S/C20H24ClFN2O4S/c1-14-7-9-16(10-8-14)29(26,27)24(12-20(25)23-15(2)13-28-3)11-17-18(21)5-4-6-19(17)22/h4-10,15H,11-13H2,1-3H3,(H,23,25)/t15-/m1/s1. The van der Waals surface area contributed by atoms with Gasteiger partial charge in [0.05, 0.1) is 18.0 Å². The van der Waals surface area contributed by atoms with Gasteiger partial charge < -0.3 is 10.1 Å². The van der Waals surface area contributed by atoms with Crippen molar-refractivity contribution in [2.45, 2.75) is 31.3 Å². The van der Waals surface area contributed by atoms with Gasteiger partial charge in [-0.2, -0.15) is 4.31 Å². The first-order valence-corrected chi connectivity index (χ1v) is 10.7. The Hall–Kier alpha value is -2.00. The van der Waals surface area contributed by atoms with Crippen molar-refractivity contribution in [3.8, 4) is 0 Å². The van der Waals surface area contributed by atoms with Crippen LogP contribution in [0.3, 0.4) is 0 Å². The Balaban J connectivity index is 2.36. The summed E-state index contributed by atoms with van der Waals surface area (Å²) in [5, 5.41) is 2.75. The molecule has 2 rings (SSSR count). The number of sulfonamides is 1. The minimum atomic E-state index is -4.08. The molecule has 0 radical (unpaired) electrons. The van der Waals surface area contributed by atoms with Gasteiger partial charge in [0.15, 0.2) is 0 Å². The lowest BCUT2D eigenvalue weighted by molar-refractivity contribution is -0.122. The predicted molar refractivity (Wildman–Crippen MR) is 110 cm³/mol. The van der Waals surface area contributed by atoms with E-state index in [1.807, 2.05) is 6.92 Å². The van der Waals surface area contributed by atoms with Crippen molar-refractivity contribution in [2.24, 2.45) is 0 Å². The van der Waals surface area contributed by atoms with Crippen molar-refractivity contribution in [2.75, 3.05) is 20.3 Å². The van der Waals surface area contributed by atoms with Crippen molar-refractivity contribution in [1.82, 2.24) is 9.62 Å². The lowest BCUT2D eigenvalue weighted by Gasteiger charge is -2.23. The largest absolute Gasteiger partial charge is 0.383 e. The molecule has 9 heteroatoms. The van der Waals surface area contributed by atoms with E-state index in [1.54, 1.807) is 19.1 Å². The fourth-order valence-corrected chi connectivity index (χ4v) is 4.30. The van der Waals surface area contributed by atoms with Gasteiger partial charge in [0.1, 0.15) is 5.82 Å². The van der Waals surface area contributed by atoms with Gasteiger partial charge in [-0.15, -0.1) is 0 Å². The van der Waals surface area contributed by atoms with Gasteiger partial charge in [-0.3, -0.25) is 4.79 Å². The van der Waals surface area contributed by atoms with Crippen LogP contribution in [0.4, 0.5) is 4.39 Å². The number of carbonyl (C=O) groups excluding carboxylic acids is 1. The van der Waals surface area contributed by atoms with E-state index in [9.17, 15) is 17.6 Å². The van der Waals surface area contributed by atoms with Crippen LogP contribution < -0.4 is 5.32 Å². The number of hydrogen-bond acceptors (Lipinski definition) is 4. The fourth-order valence-electron chi connectivity index (χ4n) is 2.72. The molecule has 0 bridgehead atoms. The lowest BCUT2D eigenvalue weighted by Crippen LogP contribution is -2.44. The highest BCUT2D eigenvalue weighted by Crippen LogP contribution is 2.24. The maximum atomic E-state index is 14.3. The summed E-state index contributed by atoms with van der Waals surface area (Å²) in [4.78, 5) is 12.4. The first-order valence-electron chi connectivity index (χ1n) is 8.93. The van der Waals surface area contributed by atoms with Gasteiger partial charge in [-0.1, -0.05) is 35.4 Å². The van der Waals surface area contributed by atoms with E-state index in [1.165, 1.54) is 37.4 Å². The van der Waals surface area contributed by atoms with Crippen molar-refractivity contribution in [3.63, 3.8) is 0 Å². The zero-order valence-corrected chi connectivity index (χ0v) is 18.1. The first-order chi connectivity index (χ1) is 13.6. The van der Waals surface area contributed by atoms with E-state index < -0.39 is 28.3 Å². The fraction of sp³-hybridized carbons (Fsp3) is 0.350. The molecular weight excluding hydrogens is 419 g/mol. The van der Waals surface area contributed by atoms with Gasteiger partial charge in [0.25, 0.3) is 0 Å². The molecule has 0 aliphatic heterocycles. The molecule has 1 atom stereocenters. The molecule has 158 valence electrons. The molecule has 0 saturated heterocycles. The Labute approximate surface area is 175 Å².